The normalized spacial score (nSPS) is 16.3. The van der Waals surface area contributed by atoms with Crippen molar-refractivity contribution in [3.8, 4) is 0 Å². The van der Waals surface area contributed by atoms with Gasteiger partial charge in [-0.3, -0.25) is 13.9 Å². The second-order valence-electron chi connectivity index (χ2n) is 8.87. The van der Waals surface area contributed by atoms with Crippen LogP contribution < -0.4 is 5.69 Å². The van der Waals surface area contributed by atoms with Gasteiger partial charge in [-0.15, -0.1) is 0 Å². The predicted molar refractivity (Wildman–Crippen MR) is 129 cm³/mol. The Kier molecular flexibility index (Phi) is 5.82. The van der Waals surface area contributed by atoms with E-state index < -0.39 is 0 Å². The van der Waals surface area contributed by atoms with Crippen LogP contribution in [0.5, 0.6) is 0 Å². The van der Waals surface area contributed by atoms with Gasteiger partial charge in [-0.1, -0.05) is 60.2 Å². The molecule has 1 amide bonds. The van der Waals surface area contributed by atoms with Crippen LogP contribution in [-0.2, 0) is 17.8 Å². The average molecular weight is 441 g/mol. The molecule has 2 aromatic heterocycles. The summed E-state index contributed by atoms with van der Waals surface area (Å²) in [6.45, 7) is 3.80. The van der Waals surface area contributed by atoms with Crippen LogP contribution in [0.25, 0.3) is 11.2 Å². The molecule has 0 aliphatic carbocycles. The molecule has 2 aromatic carbocycles. The third-order valence-electron chi connectivity index (χ3n) is 6.46. The van der Waals surface area contributed by atoms with Gasteiger partial charge in [0.05, 0.1) is 24.5 Å². The highest BCUT2D eigenvalue weighted by molar-refractivity contribution is 5.79. The first kappa shape index (κ1) is 21.2. The van der Waals surface area contributed by atoms with E-state index in [-0.39, 0.29) is 17.6 Å². The number of fused-ring (bicyclic) bond motifs is 1. The van der Waals surface area contributed by atoms with Gasteiger partial charge in [-0.25, -0.2) is 9.78 Å². The van der Waals surface area contributed by atoms with Gasteiger partial charge in [0.2, 0.25) is 5.91 Å². The van der Waals surface area contributed by atoms with Crippen molar-refractivity contribution in [3.05, 3.63) is 100 Å². The number of aromatic nitrogens is 3. The Hall–Kier alpha value is -3.67. The second kappa shape index (κ2) is 9.06. The molecule has 1 aliphatic heterocycles. The highest BCUT2D eigenvalue weighted by atomic mass is 16.2. The van der Waals surface area contributed by atoms with Crippen molar-refractivity contribution >= 4 is 17.1 Å². The summed E-state index contributed by atoms with van der Waals surface area (Å²) in [6, 6.07) is 21.8. The SMILES string of the molecule is Cc1cccc(CC(=O)N2CCC[C@H](n3c(=O)n(Cc4ccccc4)c4cccnc43)C2)c1. The van der Waals surface area contributed by atoms with Gasteiger partial charge >= 0.3 is 5.69 Å². The Morgan fingerprint density at radius 2 is 1.85 bits per heavy atom. The summed E-state index contributed by atoms with van der Waals surface area (Å²) in [5, 5.41) is 0. The highest BCUT2D eigenvalue weighted by Crippen LogP contribution is 2.25. The zero-order valence-corrected chi connectivity index (χ0v) is 18.9. The molecule has 4 aromatic rings. The van der Waals surface area contributed by atoms with Crippen molar-refractivity contribution < 1.29 is 4.79 Å². The van der Waals surface area contributed by atoms with Gasteiger partial charge in [0.1, 0.15) is 0 Å². The number of rotatable bonds is 5. The van der Waals surface area contributed by atoms with Crippen LogP contribution in [0.1, 0.15) is 35.6 Å². The lowest BCUT2D eigenvalue weighted by atomic mass is 10.0. The molecule has 3 heterocycles. The lowest BCUT2D eigenvalue weighted by Gasteiger charge is -2.33. The first-order valence-electron chi connectivity index (χ1n) is 11.5. The number of carbonyl (C=O) groups is 1. The van der Waals surface area contributed by atoms with Crippen molar-refractivity contribution in [2.45, 2.75) is 38.8 Å². The smallest absolute Gasteiger partial charge is 0.330 e. The van der Waals surface area contributed by atoms with Gasteiger partial charge in [-0.05, 0) is 43.0 Å². The van der Waals surface area contributed by atoms with E-state index in [1.165, 1.54) is 0 Å². The summed E-state index contributed by atoms with van der Waals surface area (Å²) < 4.78 is 3.61. The fraction of sp³-hybridized carbons (Fsp3) is 0.296. The summed E-state index contributed by atoms with van der Waals surface area (Å²) in [6.07, 6.45) is 3.84. The van der Waals surface area contributed by atoms with Crippen molar-refractivity contribution in [2.75, 3.05) is 13.1 Å². The van der Waals surface area contributed by atoms with Crippen molar-refractivity contribution in [2.24, 2.45) is 0 Å². The van der Waals surface area contributed by atoms with Crippen LogP contribution >= 0.6 is 0 Å². The second-order valence-corrected chi connectivity index (χ2v) is 8.87. The first-order chi connectivity index (χ1) is 16.1. The summed E-state index contributed by atoms with van der Waals surface area (Å²) in [5.74, 6) is 0.110. The summed E-state index contributed by atoms with van der Waals surface area (Å²) in [5.41, 5.74) is 4.71. The molecule has 0 bridgehead atoms. The van der Waals surface area contributed by atoms with Crippen LogP contribution in [0.3, 0.4) is 0 Å². The molecule has 0 radical (unpaired) electrons. The number of benzene rings is 2. The Bertz CT molecular complexity index is 1340. The number of imidazole rings is 1. The van der Waals surface area contributed by atoms with Crippen molar-refractivity contribution in [1.29, 1.82) is 0 Å². The van der Waals surface area contributed by atoms with Crippen LogP contribution in [0.15, 0.2) is 77.7 Å². The van der Waals surface area contributed by atoms with Gasteiger partial charge in [0, 0.05) is 19.3 Å². The van der Waals surface area contributed by atoms with E-state index in [0.29, 0.717) is 25.2 Å². The number of aryl methyl sites for hydroxylation is 1. The molecule has 5 rings (SSSR count). The van der Waals surface area contributed by atoms with Crippen LogP contribution in [0.2, 0.25) is 0 Å². The van der Waals surface area contributed by atoms with Crippen LogP contribution in [0, 0.1) is 6.92 Å². The Morgan fingerprint density at radius 3 is 2.67 bits per heavy atom. The fourth-order valence-electron chi connectivity index (χ4n) is 4.86. The van der Waals surface area contributed by atoms with E-state index in [4.69, 9.17) is 0 Å². The van der Waals surface area contributed by atoms with Crippen LogP contribution in [-0.4, -0.2) is 38.0 Å². The number of carbonyl (C=O) groups excluding carboxylic acids is 1. The van der Waals surface area contributed by atoms with Gasteiger partial charge in [-0.2, -0.15) is 0 Å². The van der Waals surface area contributed by atoms with E-state index in [1.807, 2.05) is 77.1 Å². The third kappa shape index (κ3) is 4.33. The van der Waals surface area contributed by atoms with Gasteiger partial charge in [0.15, 0.2) is 5.65 Å². The maximum Gasteiger partial charge on any atom is 0.330 e. The monoisotopic (exact) mass is 440 g/mol. The number of hydrogen-bond acceptors (Lipinski definition) is 3. The average Bonchev–Trinajstić information content (AvgIpc) is 3.11. The summed E-state index contributed by atoms with van der Waals surface area (Å²) in [4.78, 5) is 33.1. The minimum atomic E-state index is -0.0814. The molecule has 6 nitrogen and oxygen atoms in total. The summed E-state index contributed by atoms with van der Waals surface area (Å²) >= 11 is 0. The molecule has 1 aliphatic rings. The maximum atomic E-state index is 13.6. The lowest BCUT2D eigenvalue weighted by Crippen LogP contribution is -2.43. The van der Waals surface area contributed by atoms with Gasteiger partial charge < -0.3 is 4.90 Å². The lowest BCUT2D eigenvalue weighted by molar-refractivity contribution is -0.132. The molecule has 1 fully saturated rings. The highest BCUT2D eigenvalue weighted by Gasteiger charge is 2.28. The Labute approximate surface area is 193 Å². The Morgan fingerprint density at radius 1 is 1.03 bits per heavy atom. The molecular weight excluding hydrogens is 412 g/mol. The maximum absolute atomic E-state index is 13.6. The fourth-order valence-corrected chi connectivity index (χ4v) is 4.86. The number of amides is 1. The third-order valence-corrected chi connectivity index (χ3v) is 6.46. The zero-order chi connectivity index (χ0) is 22.8. The molecule has 168 valence electrons. The molecule has 6 heteroatoms. The number of hydrogen-bond donors (Lipinski definition) is 0. The quantitative estimate of drug-likeness (QED) is 0.472. The molecule has 0 spiro atoms. The van der Waals surface area contributed by atoms with E-state index >= 15 is 0 Å². The Balaban J connectivity index is 1.43. The molecule has 0 unspecified atom stereocenters. The van der Waals surface area contributed by atoms with Gasteiger partial charge in [0.25, 0.3) is 0 Å². The molecule has 0 saturated carbocycles. The molecule has 33 heavy (non-hydrogen) atoms. The number of pyridine rings is 1. The predicted octanol–water partition coefficient (Wildman–Crippen LogP) is 3.96. The van der Waals surface area contributed by atoms with Crippen molar-refractivity contribution in [1.82, 2.24) is 19.0 Å². The molecule has 1 saturated heterocycles. The number of nitrogens with zero attached hydrogens (tertiary/aromatic N) is 4. The number of piperidine rings is 1. The topological polar surface area (TPSA) is 60.1 Å². The van der Waals surface area contributed by atoms with E-state index in [0.717, 1.165) is 41.6 Å². The van der Waals surface area contributed by atoms with E-state index in [1.54, 1.807) is 10.8 Å². The first-order valence-corrected chi connectivity index (χ1v) is 11.5. The molecule has 0 N–H and O–H groups in total. The minimum Gasteiger partial charge on any atom is -0.340 e. The summed E-state index contributed by atoms with van der Waals surface area (Å²) in [7, 11) is 0. The largest absolute Gasteiger partial charge is 0.340 e. The zero-order valence-electron chi connectivity index (χ0n) is 18.9. The minimum absolute atomic E-state index is 0.0643. The van der Waals surface area contributed by atoms with Crippen LogP contribution in [0.4, 0.5) is 0 Å². The standard InChI is InChI=1S/C27H28N4O2/c1-20-8-5-11-22(16-20)17-25(32)29-15-7-12-23(19-29)31-26-24(13-6-14-28-26)30(27(31)33)18-21-9-3-2-4-10-21/h2-6,8-11,13-14,16,23H,7,12,15,17-19H2,1H3/t23-/m0/s1. The molecule has 1 atom stereocenters. The molecular formula is C27H28N4O2. The van der Waals surface area contributed by atoms with Crippen molar-refractivity contribution in [3.63, 3.8) is 0 Å². The van der Waals surface area contributed by atoms with E-state index in [2.05, 4.69) is 11.1 Å². The van der Waals surface area contributed by atoms with E-state index in [9.17, 15) is 9.59 Å². The number of likely N-dealkylation sites (tertiary alicyclic amines) is 1.